The number of hydrogen-bond acceptors (Lipinski definition) is 5. The fourth-order valence-electron chi connectivity index (χ4n) is 3.44. The molecule has 1 aliphatic rings. The van der Waals surface area contributed by atoms with Crippen LogP contribution in [0.2, 0.25) is 5.02 Å². The number of piperazine rings is 1. The fraction of sp³-hybridized carbons (Fsp3) is 0.571. The number of benzene rings is 1. The number of aromatic nitrogens is 3. The molecule has 0 atom stereocenters. The van der Waals surface area contributed by atoms with E-state index in [-0.39, 0.29) is 24.0 Å². The summed E-state index contributed by atoms with van der Waals surface area (Å²) in [5.74, 6) is 2.85. The molecule has 1 fully saturated rings. The summed E-state index contributed by atoms with van der Waals surface area (Å²) in [6.07, 6.45) is 2.67. The number of nitrogens with one attached hydrogen (secondary N) is 1. The van der Waals surface area contributed by atoms with Crippen molar-refractivity contribution in [3.8, 4) is 5.75 Å². The second kappa shape index (κ2) is 13.7. The maximum absolute atomic E-state index is 5.91. The molecule has 1 N–H and O–H groups in total. The van der Waals surface area contributed by atoms with Crippen molar-refractivity contribution in [2.45, 2.75) is 26.8 Å². The third kappa shape index (κ3) is 8.12. The molecule has 3 rings (SSSR count). The number of guanidine groups is 1. The lowest BCUT2D eigenvalue weighted by atomic mass is 10.3. The van der Waals surface area contributed by atoms with Gasteiger partial charge in [0, 0.05) is 57.3 Å². The summed E-state index contributed by atoms with van der Waals surface area (Å²) in [7, 11) is 0. The molecule has 0 saturated carbocycles. The van der Waals surface area contributed by atoms with Crippen molar-refractivity contribution in [2.75, 3.05) is 52.4 Å². The Morgan fingerprint density at radius 3 is 2.55 bits per heavy atom. The quantitative estimate of drug-likeness (QED) is 0.289. The zero-order valence-electron chi connectivity index (χ0n) is 18.3. The van der Waals surface area contributed by atoms with Crippen molar-refractivity contribution in [3.63, 3.8) is 0 Å². The zero-order valence-corrected chi connectivity index (χ0v) is 21.4. The van der Waals surface area contributed by atoms with E-state index in [0.717, 1.165) is 74.8 Å². The minimum atomic E-state index is 0. The first-order chi connectivity index (χ1) is 14.7. The Hall–Kier alpha value is -1.59. The van der Waals surface area contributed by atoms with Gasteiger partial charge in [-0.1, -0.05) is 18.5 Å². The highest BCUT2D eigenvalue weighted by Gasteiger charge is 2.19. The van der Waals surface area contributed by atoms with E-state index in [4.69, 9.17) is 21.3 Å². The highest BCUT2D eigenvalue weighted by Crippen LogP contribution is 2.15. The lowest BCUT2D eigenvalue weighted by Gasteiger charge is -2.36. The van der Waals surface area contributed by atoms with Crippen LogP contribution in [-0.2, 0) is 13.0 Å². The van der Waals surface area contributed by atoms with E-state index in [2.05, 4.69) is 43.7 Å². The van der Waals surface area contributed by atoms with Gasteiger partial charge in [-0.15, -0.1) is 34.2 Å². The molecule has 172 valence electrons. The molecule has 0 amide bonds. The summed E-state index contributed by atoms with van der Waals surface area (Å²) in [6.45, 7) is 12.1. The molecule has 0 unspecified atom stereocenters. The summed E-state index contributed by atoms with van der Waals surface area (Å²) in [4.78, 5) is 9.59. The first-order valence-corrected chi connectivity index (χ1v) is 11.1. The van der Waals surface area contributed by atoms with Crippen LogP contribution < -0.4 is 10.1 Å². The summed E-state index contributed by atoms with van der Waals surface area (Å²) >= 11 is 5.91. The molecule has 1 aliphatic heterocycles. The van der Waals surface area contributed by atoms with E-state index in [9.17, 15) is 0 Å². The molecular formula is C21H33ClIN7O. The topological polar surface area (TPSA) is 70.8 Å². The van der Waals surface area contributed by atoms with E-state index >= 15 is 0 Å². The van der Waals surface area contributed by atoms with Gasteiger partial charge >= 0.3 is 0 Å². The number of halogens is 2. The smallest absolute Gasteiger partial charge is 0.194 e. The number of aryl methyl sites for hydroxylation is 1. The van der Waals surface area contributed by atoms with Gasteiger partial charge in [0.25, 0.3) is 0 Å². The number of hydrogen-bond donors (Lipinski definition) is 1. The van der Waals surface area contributed by atoms with Gasteiger partial charge in [0.15, 0.2) is 5.96 Å². The Kier molecular flexibility index (Phi) is 11.4. The Balaban J connectivity index is 0.00000341. The molecule has 8 nitrogen and oxygen atoms in total. The summed E-state index contributed by atoms with van der Waals surface area (Å²) < 4.78 is 7.90. The van der Waals surface area contributed by atoms with E-state index in [0.29, 0.717) is 13.2 Å². The third-order valence-electron chi connectivity index (χ3n) is 5.11. The van der Waals surface area contributed by atoms with Crippen LogP contribution >= 0.6 is 35.6 Å². The van der Waals surface area contributed by atoms with E-state index < -0.39 is 0 Å². The van der Waals surface area contributed by atoms with Crippen LogP contribution in [0.3, 0.4) is 0 Å². The molecule has 31 heavy (non-hydrogen) atoms. The van der Waals surface area contributed by atoms with E-state index in [1.807, 2.05) is 24.3 Å². The molecule has 2 heterocycles. The molecule has 0 radical (unpaired) electrons. The van der Waals surface area contributed by atoms with Crippen molar-refractivity contribution in [2.24, 2.45) is 4.99 Å². The molecule has 0 spiro atoms. The SMILES string of the molecule is CCNC(=NCCn1cnnc1CC)N1CCN(CCOc2ccc(Cl)cc2)CC1.I. The average molecular weight is 562 g/mol. The second-order valence-corrected chi connectivity index (χ2v) is 7.60. The van der Waals surface area contributed by atoms with Gasteiger partial charge in [-0.2, -0.15) is 0 Å². The number of aliphatic imine (C=N–C) groups is 1. The maximum atomic E-state index is 5.91. The van der Waals surface area contributed by atoms with Gasteiger partial charge in [-0.25, -0.2) is 0 Å². The molecule has 1 saturated heterocycles. The highest BCUT2D eigenvalue weighted by atomic mass is 127. The fourth-order valence-corrected chi connectivity index (χ4v) is 3.56. The predicted molar refractivity (Wildman–Crippen MR) is 136 cm³/mol. The zero-order chi connectivity index (χ0) is 21.2. The van der Waals surface area contributed by atoms with Gasteiger partial charge in [0.05, 0.1) is 6.54 Å². The first kappa shape index (κ1) is 25.7. The third-order valence-corrected chi connectivity index (χ3v) is 5.36. The molecule has 1 aromatic heterocycles. The molecule has 2 aromatic rings. The van der Waals surface area contributed by atoms with Crippen molar-refractivity contribution in [1.29, 1.82) is 0 Å². The minimum absolute atomic E-state index is 0. The summed E-state index contributed by atoms with van der Waals surface area (Å²) in [5, 5.41) is 12.3. The minimum Gasteiger partial charge on any atom is -0.492 e. The van der Waals surface area contributed by atoms with Gasteiger partial charge < -0.3 is 19.5 Å². The predicted octanol–water partition coefficient (Wildman–Crippen LogP) is 2.77. The molecular weight excluding hydrogens is 529 g/mol. The van der Waals surface area contributed by atoms with Crippen molar-refractivity contribution in [1.82, 2.24) is 29.9 Å². The number of rotatable bonds is 9. The molecule has 10 heteroatoms. The molecule has 1 aromatic carbocycles. The summed E-state index contributed by atoms with van der Waals surface area (Å²) in [5.41, 5.74) is 0. The normalized spacial score (nSPS) is 14.9. The van der Waals surface area contributed by atoms with Gasteiger partial charge in [-0.05, 0) is 31.2 Å². The van der Waals surface area contributed by atoms with Gasteiger partial charge in [0.1, 0.15) is 24.5 Å². The van der Waals surface area contributed by atoms with Gasteiger partial charge in [-0.3, -0.25) is 9.89 Å². The van der Waals surface area contributed by atoms with E-state index in [1.54, 1.807) is 6.33 Å². The monoisotopic (exact) mass is 561 g/mol. The van der Waals surface area contributed by atoms with Crippen LogP contribution in [0, 0.1) is 0 Å². The van der Waals surface area contributed by atoms with Crippen LogP contribution in [0.4, 0.5) is 0 Å². The highest BCUT2D eigenvalue weighted by molar-refractivity contribution is 14.0. The first-order valence-electron chi connectivity index (χ1n) is 10.7. The number of ether oxygens (including phenoxy) is 1. The Bertz CT molecular complexity index is 791. The van der Waals surface area contributed by atoms with Crippen LogP contribution in [0.25, 0.3) is 0 Å². The lowest BCUT2D eigenvalue weighted by molar-refractivity contribution is 0.152. The van der Waals surface area contributed by atoms with Crippen molar-refractivity contribution >= 4 is 41.5 Å². The maximum Gasteiger partial charge on any atom is 0.194 e. The Labute approximate surface area is 207 Å². The van der Waals surface area contributed by atoms with Crippen molar-refractivity contribution < 1.29 is 4.74 Å². The van der Waals surface area contributed by atoms with Crippen LogP contribution in [0.5, 0.6) is 5.75 Å². The lowest BCUT2D eigenvalue weighted by Crippen LogP contribution is -2.53. The van der Waals surface area contributed by atoms with Crippen LogP contribution in [0.1, 0.15) is 19.7 Å². The summed E-state index contributed by atoms with van der Waals surface area (Å²) in [6, 6.07) is 7.51. The Morgan fingerprint density at radius 2 is 1.87 bits per heavy atom. The van der Waals surface area contributed by atoms with Crippen LogP contribution in [-0.4, -0.2) is 82.9 Å². The second-order valence-electron chi connectivity index (χ2n) is 7.16. The van der Waals surface area contributed by atoms with Gasteiger partial charge in [0.2, 0.25) is 0 Å². The standard InChI is InChI=1S/C21H32ClN7O.HI/c1-3-20-26-25-17-29(20)10-9-24-21(23-4-2)28-13-11-27(12-14-28)15-16-30-19-7-5-18(22)6-8-19;/h5-8,17H,3-4,9-16H2,1-2H3,(H,23,24);1H. The van der Waals surface area contributed by atoms with E-state index in [1.165, 1.54) is 0 Å². The Morgan fingerprint density at radius 1 is 1.13 bits per heavy atom. The largest absolute Gasteiger partial charge is 0.492 e. The van der Waals surface area contributed by atoms with Crippen LogP contribution in [0.15, 0.2) is 35.6 Å². The average Bonchev–Trinajstić information content (AvgIpc) is 3.23. The van der Waals surface area contributed by atoms with Crippen molar-refractivity contribution in [3.05, 3.63) is 41.4 Å². The molecule has 0 aliphatic carbocycles. The number of nitrogens with zero attached hydrogens (tertiary/aromatic N) is 6. The molecule has 0 bridgehead atoms.